The summed E-state index contributed by atoms with van der Waals surface area (Å²) in [5, 5.41) is 5.15. The maximum Gasteiger partial charge on any atom is 0.350 e. The molecular formula is C26H23NO6S. The van der Waals surface area contributed by atoms with Crippen molar-refractivity contribution in [2.45, 2.75) is 26.6 Å². The molecule has 1 aliphatic heterocycles. The van der Waals surface area contributed by atoms with Crippen molar-refractivity contribution in [3.05, 3.63) is 77.3 Å². The van der Waals surface area contributed by atoms with Crippen molar-refractivity contribution in [1.29, 1.82) is 0 Å². The van der Waals surface area contributed by atoms with E-state index in [1.165, 1.54) is 31.4 Å². The Kier molecular flexibility index (Phi) is 6.51. The van der Waals surface area contributed by atoms with Crippen LogP contribution in [0.3, 0.4) is 0 Å². The highest BCUT2D eigenvalue weighted by Gasteiger charge is 2.39. The summed E-state index contributed by atoms with van der Waals surface area (Å²) < 4.78 is 15.5. The van der Waals surface area contributed by atoms with Crippen molar-refractivity contribution >= 4 is 34.2 Å². The molecule has 4 rings (SSSR count). The molecule has 2 aromatic carbocycles. The van der Waals surface area contributed by atoms with Gasteiger partial charge in [0, 0.05) is 31.0 Å². The summed E-state index contributed by atoms with van der Waals surface area (Å²) in [7, 11) is 0. The largest absolute Gasteiger partial charge is 0.462 e. The Morgan fingerprint density at radius 1 is 0.971 bits per heavy atom. The van der Waals surface area contributed by atoms with Crippen LogP contribution in [0.5, 0.6) is 0 Å². The van der Waals surface area contributed by atoms with Crippen molar-refractivity contribution in [1.82, 2.24) is 0 Å². The third-order valence-corrected chi connectivity index (χ3v) is 5.95. The SMILES string of the molecule is CCOC(=O)c1c(-c2ccc(-c3ccccc3)cc2)csc1NC=C1C(=O)OC(C)(C)OC1=O. The molecule has 0 unspecified atom stereocenters. The first-order valence-electron chi connectivity index (χ1n) is 10.7. The quantitative estimate of drug-likeness (QED) is 0.289. The molecule has 0 atom stereocenters. The molecule has 34 heavy (non-hydrogen) atoms. The Balaban J connectivity index is 1.65. The number of benzene rings is 2. The molecule has 2 heterocycles. The smallest absolute Gasteiger partial charge is 0.350 e. The normalized spacial score (nSPS) is 14.7. The maximum absolute atomic E-state index is 12.8. The number of rotatable bonds is 6. The summed E-state index contributed by atoms with van der Waals surface area (Å²) >= 11 is 1.26. The van der Waals surface area contributed by atoms with Crippen molar-refractivity contribution in [2.75, 3.05) is 11.9 Å². The van der Waals surface area contributed by atoms with Gasteiger partial charge in [-0.3, -0.25) is 0 Å². The Labute approximate surface area is 201 Å². The van der Waals surface area contributed by atoms with Gasteiger partial charge in [-0.15, -0.1) is 11.3 Å². The van der Waals surface area contributed by atoms with Gasteiger partial charge in [0.2, 0.25) is 0 Å². The van der Waals surface area contributed by atoms with Gasteiger partial charge in [0.1, 0.15) is 10.6 Å². The van der Waals surface area contributed by atoms with E-state index in [9.17, 15) is 14.4 Å². The lowest BCUT2D eigenvalue weighted by atomic mass is 9.99. The number of nitrogens with one attached hydrogen (secondary N) is 1. The van der Waals surface area contributed by atoms with Crippen LogP contribution in [-0.4, -0.2) is 30.3 Å². The molecule has 1 N–H and O–H groups in total. The van der Waals surface area contributed by atoms with Crippen LogP contribution < -0.4 is 5.32 Å². The first-order valence-corrected chi connectivity index (χ1v) is 11.5. The number of thiophene rings is 1. The van der Waals surface area contributed by atoms with Crippen LogP contribution in [0.4, 0.5) is 5.00 Å². The molecule has 174 valence electrons. The monoisotopic (exact) mass is 477 g/mol. The number of cyclic esters (lactones) is 2. The third-order valence-electron chi connectivity index (χ3n) is 5.04. The fourth-order valence-corrected chi connectivity index (χ4v) is 4.40. The van der Waals surface area contributed by atoms with E-state index in [-0.39, 0.29) is 12.2 Å². The lowest BCUT2D eigenvalue weighted by Gasteiger charge is -2.29. The molecule has 0 radical (unpaired) electrons. The summed E-state index contributed by atoms with van der Waals surface area (Å²) in [4.78, 5) is 37.3. The minimum atomic E-state index is -1.33. The zero-order valence-corrected chi connectivity index (χ0v) is 19.7. The van der Waals surface area contributed by atoms with E-state index in [4.69, 9.17) is 14.2 Å². The maximum atomic E-state index is 12.8. The number of esters is 3. The molecule has 0 amide bonds. The highest BCUT2D eigenvalue weighted by Crippen LogP contribution is 2.37. The second-order valence-electron chi connectivity index (χ2n) is 7.90. The topological polar surface area (TPSA) is 90.9 Å². The number of anilines is 1. The standard InChI is InChI=1S/C26H23NO6S/c1-4-31-25(30)21-20(18-12-10-17(11-13-18)16-8-6-5-7-9-16)15-34-22(21)27-14-19-23(28)32-26(2,3)33-24(19)29/h5-15,27H,4H2,1-3H3. The Hall–Kier alpha value is -3.91. The van der Waals surface area contributed by atoms with Crippen LogP contribution in [-0.2, 0) is 23.8 Å². The number of carbonyl (C=O) groups is 3. The van der Waals surface area contributed by atoms with Gasteiger partial charge in [0.15, 0.2) is 5.57 Å². The van der Waals surface area contributed by atoms with Gasteiger partial charge < -0.3 is 19.5 Å². The molecule has 1 aromatic heterocycles. The lowest BCUT2D eigenvalue weighted by Crippen LogP contribution is -2.42. The predicted molar refractivity (Wildman–Crippen MR) is 129 cm³/mol. The molecule has 0 aliphatic carbocycles. The van der Waals surface area contributed by atoms with Gasteiger partial charge in [-0.1, -0.05) is 54.6 Å². The Morgan fingerprint density at radius 2 is 1.56 bits per heavy atom. The van der Waals surface area contributed by atoms with Crippen molar-refractivity contribution in [3.8, 4) is 22.3 Å². The van der Waals surface area contributed by atoms with Gasteiger partial charge in [0.05, 0.1) is 6.61 Å². The molecule has 7 nitrogen and oxygen atoms in total. The number of hydrogen-bond donors (Lipinski definition) is 1. The minimum absolute atomic E-state index is 0.204. The van der Waals surface area contributed by atoms with E-state index >= 15 is 0 Å². The van der Waals surface area contributed by atoms with E-state index in [0.717, 1.165) is 16.7 Å². The van der Waals surface area contributed by atoms with Crippen molar-refractivity contribution in [3.63, 3.8) is 0 Å². The van der Waals surface area contributed by atoms with E-state index in [0.29, 0.717) is 16.1 Å². The Bertz CT molecular complexity index is 1240. The fraction of sp³-hybridized carbons (Fsp3) is 0.192. The lowest BCUT2D eigenvalue weighted by molar-refractivity contribution is -0.222. The summed E-state index contributed by atoms with van der Waals surface area (Å²) in [5.74, 6) is -3.45. The molecule has 1 fully saturated rings. The summed E-state index contributed by atoms with van der Waals surface area (Å²) in [6.45, 7) is 4.87. The van der Waals surface area contributed by atoms with Crippen LogP contribution in [0.25, 0.3) is 22.3 Å². The third kappa shape index (κ3) is 4.87. The van der Waals surface area contributed by atoms with Gasteiger partial charge in [-0.25, -0.2) is 14.4 Å². The molecule has 8 heteroatoms. The molecule has 1 saturated heterocycles. The van der Waals surface area contributed by atoms with Gasteiger partial charge in [0.25, 0.3) is 5.79 Å². The van der Waals surface area contributed by atoms with Crippen LogP contribution in [0.2, 0.25) is 0 Å². The summed E-state index contributed by atoms with van der Waals surface area (Å²) in [6, 6.07) is 17.8. The Morgan fingerprint density at radius 3 is 2.18 bits per heavy atom. The van der Waals surface area contributed by atoms with E-state index < -0.39 is 23.7 Å². The van der Waals surface area contributed by atoms with Crippen LogP contribution in [0.15, 0.2) is 71.8 Å². The molecular weight excluding hydrogens is 454 g/mol. The first kappa shape index (κ1) is 23.3. The van der Waals surface area contributed by atoms with Gasteiger partial charge in [-0.05, 0) is 23.6 Å². The minimum Gasteiger partial charge on any atom is -0.462 e. The van der Waals surface area contributed by atoms with Gasteiger partial charge in [-0.2, -0.15) is 0 Å². The fourth-order valence-electron chi connectivity index (χ4n) is 3.47. The second kappa shape index (κ2) is 9.52. The van der Waals surface area contributed by atoms with E-state index in [2.05, 4.69) is 5.32 Å². The van der Waals surface area contributed by atoms with Gasteiger partial charge >= 0.3 is 17.9 Å². The molecule has 0 bridgehead atoms. The van der Waals surface area contributed by atoms with E-state index in [1.807, 2.05) is 60.0 Å². The zero-order chi connectivity index (χ0) is 24.3. The highest BCUT2D eigenvalue weighted by atomic mass is 32.1. The molecule has 0 spiro atoms. The van der Waals surface area contributed by atoms with E-state index in [1.54, 1.807) is 6.92 Å². The first-order chi connectivity index (χ1) is 16.3. The summed E-state index contributed by atoms with van der Waals surface area (Å²) in [5.41, 5.74) is 3.67. The number of ether oxygens (including phenoxy) is 3. The van der Waals surface area contributed by atoms with Crippen molar-refractivity contribution in [2.24, 2.45) is 0 Å². The molecule has 3 aromatic rings. The van der Waals surface area contributed by atoms with Crippen LogP contribution in [0, 0.1) is 0 Å². The predicted octanol–water partition coefficient (Wildman–Crippen LogP) is 5.39. The average molecular weight is 478 g/mol. The highest BCUT2D eigenvalue weighted by molar-refractivity contribution is 7.15. The number of carbonyl (C=O) groups excluding carboxylic acids is 3. The van der Waals surface area contributed by atoms with Crippen LogP contribution >= 0.6 is 11.3 Å². The summed E-state index contributed by atoms with van der Waals surface area (Å²) in [6.07, 6.45) is 1.19. The average Bonchev–Trinajstić information content (AvgIpc) is 3.23. The van der Waals surface area contributed by atoms with Crippen molar-refractivity contribution < 1.29 is 28.6 Å². The zero-order valence-electron chi connectivity index (χ0n) is 18.9. The molecule has 1 aliphatic rings. The molecule has 0 saturated carbocycles. The second-order valence-corrected chi connectivity index (χ2v) is 8.78. The van der Waals surface area contributed by atoms with Crippen LogP contribution in [0.1, 0.15) is 31.1 Å². The number of hydrogen-bond acceptors (Lipinski definition) is 8.